The second kappa shape index (κ2) is 6.71. The third-order valence-corrected chi connectivity index (χ3v) is 5.10. The molecule has 1 aliphatic heterocycles. The van der Waals surface area contributed by atoms with Crippen LogP contribution >= 0.6 is 24.0 Å². The Balaban J connectivity index is 2.40. The number of nitrogens with zero attached hydrogens (tertiary/aromatic N) is 2. The number of rotatable bonds is 5. The Morgan fingerprint density at radius 2 is 2.18 bits per heavy atom. The first-order valence-corrected chi connectivity index (χ1v) is 8.17. The zero-order valence-electron chi connectivity index (χ0n) is 13.0. The van der Waals surface area contributed by atoms with Gasteiger partial charge in [0.15, 0.2) is 6.21 Å². The molecule has 4 nitrogen and oxygen atoms in total. The normalized spacial score (nSPS) is 21.0. The molecule has 1 fully saturated rings. The summed E-state index contributed by atoms with van der Waals surface area (Å²) in [5.74, 6) is 0.671. The lowest BCUT2D eigenvalue weighted by Crippen LogP contribution is -2.47. The number of hydroxylamine groups is 1. The van der Waals surface area contributed by atoms with Gasteiger partial charge in [0, 0.05) is 6.54 Å². The summed E-state index contributed by atoms with van der Waals surface area (Å²) in [4.78, 5) is 1.91. The van der Waals surface area contributed by atoms with E-state index in [1.165, 1.54) is 0 Å². The fourth-order valence-corrected chi connectivity index (χ4v) is 4.45. The molecule has 0 aliphatic carbocycles. The summed E-state index contributed by atoms with van der Waals surface area (Å²) >= 11 is 6.95. The predicted octanol–water partition coefficient (Wildman–Crippen LogP) is 3.25. The van der Waals surface area contributed by atoms with E-state index < -0.39 is 0 Å². The molecule has 1 aliphatic rings. The number of methoxy groups -OCH3 is 1. The Morgan fingerprint density at radius 1 is 1.50 bits per heavy atom. The molecule has 0 radical (unpaired) electrons. The Kier molecular flexibility index (Phi) is 5.13. The van der Waals surface area contributed by atoms with Crippen LogP contribution in [-0.4, -0.2) is 44.7 Å². The Labute approximate surface area is 141 Å². The highest BCUT2D eigenvalue weighted by Crippen LogP contribution is 2.41. The van der Waals surface area contributed by atoms with Crippen molar-refractivity contribution in [3.63, 3.8) is 0 Å². The van der Waals surface area contributed by atoms with Gasteiger partial charge in [-0.25, -0.2) is 0 Å². The van der Waals surface area contributed by atoms with E-state index in [2.05, 4.69) is 6.58 Å². The molecule has 0 amide bonds. The van der Waals surface area contributed by atoms with Gasteiger partial charge in [0.1, 0.15) is 14.8 Å². The fourth-order valence-electron chi connectivity index (χ4n) is 2.55. The average molecular weight is 336 g/mol. The third-order valence-electron chi connectivity index (χ3n) is 3.47. The van der Waals surface area contributed by atoms with Gasteiger partial charge in [-0.05, 0) is 26.0 Å². The van der Waals surface area contributed by atoms with Gasteiger partial charge in [-0.15, -0.1) is 6.58 Å². The molecule has 1 saturated heterocycles. The van der Waals surface area contributed by atoms with Crippen molar-refractivity contribution >= 4 is 34.5 Å². The minimum absolute atomic E-state index is 0.305. The SMILES string of the molecule is C=CCN1C(=S)SC(C)(C)C1/[N+]([O-])=C/c1ccccc1OC. The second-order valence-electron chi connectivity index (χ2n) is 5.52. The van der Waals surface area contributed by atoms with E-state index in [-0.39, 0.29) is 10.9 Å². The van der Waals surface area contributed by atoms with Crippen LogP contribution in [0.15, 0.2) is 36.9 Å². The van der Waals surface area contributed by atoms with Crippen LogP contribution in [0.1, 0.15) is 19.4 Å². The van der Waals surface area contributed by atoms with Crippen molar-refractivity contribution in [1.82, 2.24) is 4.90 Å². The van der Waals surface area contributed by atoms with Crippen LogP contribution in [0.2, 0.25) is 0 Å². The molecule has 1 aromatic carbocycles. The first-order chi connectivity index (χ1) is 10.4. The Bertz CT molecular complexity index is 614. The van der Waals surface area contributed by atoms with Gasteiger partial charge < -0.3 is 9.94 Å². The summed E-state index contributed by atoms with van der Waals surface area (Å²) < 4.78 is 6.69. The van der Waals surface area contributed by atoms with Gasteiger partial charge >= 0.3 is 0 Å². The number of hydrogen-bond acceptors (Lipinski definition) is 4. The number of ether oxygens (including phenoxy) is 1. The lowest BCUT2D eigenvalue weighted by atomic mass is 10.1. The van der Waals surface area contributed by atoms with E-state index in [4.69, 9.17) is 17.0 Å². The van der Waals surface area contributed by atoms with Crippen LogP contribution in [0, 0.1) is 5.21 Å². The number of thiocarbonyl (C=S) groups is 1. The van der Waals surface area contributed by atoms with Crippen LogP contribution < -0.4 is 4.74 Å². The largest absolute Gasteiger partial charge is 0.622 e. The van der Waals surface area contributed by atoms with E-state index in [0.29, 0.717) is 12.3 Å². The van der Waals surface area contributed by atoms with Gasteiger partial charge in [0.2, 0.25) is 0 Å². The van der Waals surface area contributed by atoms with Crippen molar-refractivity contribution in [2.45, 2.75) is 24.8 Å². The van der Waals surface area contributed by atoms with Gasteiger partial charge in [-0.1, -0.05) is 42.2 Å². The maximum absolute atomic E-state index is 12.8. The maximum atomic E-state index is 12.8. The number of hydrogen-bond donors (Lipinski definition) is 0. The van der Waals surface area contributed by atoms with Crippen LogP contribution in [0.3, 0.4) is 0 Å². The van der Waals surface area contributed by atoms with Crippen molar-refractivity contribution in [1.29, 1.82) is 0 Å². The molecule has 0 spiro atoms. The van der Waals surface area contributed by atoms with Gasteiger partial charge in [0.25, 0.3) is 6.17 Å². The monoisotopic (exact) mass is 336 g/mol. The average Bonchev–Trinajstić information content (AvgIpc) is 2.69. The molecule has 1 atom stereocenters. The minimum Gasteiger partial charge on any atom is -0.622 e. The standard InChI is InChI=1S/C16H20N2O2S2/c1-5-10-17-14(16(2,3)22-15(17)21)18(19)11-12-8-6-7-9-13(12)20-4/h5-9,11,14H,1,10H2,2-4H3/b18-11-. The highest BCUT2D eigenvalue weighted by molar-refractivity contribution is 8.24. The summed E-state index contributed by atoms with van der Waals surface area (Å²) in [6, 6.07) is 7.44. The van der Waals surface area contributed by atoms with Crippen molar-refractivity contribution in [2.75, 3.05) is 13.7 Å². The van der Waals surface area contributed by atoms with Gasteiger partial charge in [-0.2, -0.15) is 4.74 Å². The van der Waals surface area contributed by atoms with Crippen molar-refractivity contribution < 1.29 is 9.48 Å². The van der Waals surface area contributed by atoms with E-state index in [0.717, 1.165) is 14.6 Å². The maximum Gasteiger partial charge on any atom is 0.254 e. The minimum atomic E-state index is -0.382. The van der Waals surface area contributed by atoms with Crippen LogP contribution in [0.4, 0.5) is 0 Å². The van der Waals surface area contributed by atoms with Crippen molar-refractivity contribution in [3.05, 3.63) is 47.7 Å². The molecule has 1 heterocycles. The zero-order valence-corrected chi connectivity index (χ0v) is 14.6. The second-order valence-corrected chi connectivity index (χ2v) is 7.81. The molecule has 1 aromatic rings. The zero-order chi connectivity index (χ0) is 16.3. The summed E-state index contributed by atoms with van der Waals surface area (Å²) in [5, 5.41) is 12.8. The number of benzene rings is 1. The van der Waals surface area contributed by atoms with E-state index >= 15 is 0 Å². The summed E-state index contributed by atoms with van der Waals surface area (Å²) in [5.41, 5.74) is 0.747. The molecule has 0 saturated carbocycles. The van der Waals surface area contributed by atoms with Crippen LogP contribution in [0.5, 0.6) is 5.75 Å². The highest BCUT2D eigenvalue weighted by atomic mass is 32.2. The van der Waals surface area contributed by atoms with E-state index in [1.807, 2.05) is 43.0 Å². The van der Waals surface area contributed by atoms with Crippen LogP contribution in [0.25, 0.3) is 0 Å². The Hall–Kier alpha value is -1.53. The van der Waals surface area contributed by atoms with Gasteiger partial charge in [-0.3, -0.25) is 4.90 Å². The number of para-hydroxylation sites is 1. The summed E-state index contributed by atoms with van der Waals surface area (Å²) in [7, 11) is 1.59. The number of thioether (sulfide) groups is 1. The molecule has 6 heteroatoms. The lowest BCUT2D eigenvalue weighted by Gasteiger charge is -2.29. The first-order valence-electron chi connectivity index (χ1n) is 6.94. The van der Waals surface area contributed by atoms with E-state index in [9.17, 15) is 5.21 Å². The molecule has 118 valence electrons. The van der Waals surface area contributed by atoms with Crippen molar-refractivity contribution in [3.8, 4) is 5.75 Å². The molecule has 0 bridgehead atoms. The molecule has 1 unspecified atom stereocenters. The molecule has 2 rings (SSSR count). The summed E-state index contributed by atoms with van der Waals surface area (Å²) in [6.45, 7) is 8.36. The first kappa shape index (κ1) is 16.8. The van der Waals surface area contributed by atoms with Crippen molar-refractivity contribution in [2.24, 2.45) is 0 Å². The molecule has 0 aromatic heterocycles. The van der Waals surface area contributed by atoms with Gasteiger partial charge in [0.05, 0.1) is 12.7 Å². The topological polar surface area (TPSA) is 38.5 Å². The van der Waals surface area contributed by atoms with E-state index in [1.54, 1.807) is 31.2 Å². The Morgan fingerprint density at radius 3 is 2.82 bits per heavy atom. The molecule has 0 N–H and O–H groups in total. The quantitative estimate of drug-likeness (QED) is 0.206. The molecular weight excluding hydrogens is 316 g/mol. The smallest absolute Gasteiger partial charge is 0.254 e. The van der Waals surface area contributed by atoms with Crippen LogP contribution in [-0.2, 0) is 0 Å². The predicted molar refractivity (Wildman–Crippen MR) is 96.7 cm³/mol. The lowest BCUT2D eigenvalue weighted by molar-refractivity contribution is -0.523. The molecular formula is C16H20N2O2S2. The molecule has 22 heavy (non-hydrogen) atoms. The fraction of sp³-hybridized carbons (Fsp3) is 0.375. The highest BCUT2D eigenvalue weighted by Gasteiger charge is 2.49. The summed E-state index contributed by atoms with van der Waals surface area (Å²) in [6.07, 6.45) is 2.95. The third kappa shape index (κ3) is 3.28.